The molecule has 1 aromatic rings. The van der Waals surface area contributed by atoms with Crippen molar-refractivity contribution in [3.05, 3.63) is 29.3 Å². The maximum absolute atomic E-state index is 11.8. The van der Waals surface area contributed by atoms with Gasteiger partial charge in [-0.05, 0) is 38.0 Å². The molecule has 0 fully saturated rings. The van der Waals surface area contributed by atoms with Crippen molar-refractivity contribution in [1.29, 1.82) is 0 Å². The highest BCUT2D eigenvalue weighted by Crippen LogP contribution is 2.35. The van der Waals surface area contributed by atoms with Crippen LogP contribution in [-0.2, 0) is 16.3 Å². The van der Waals surface area contributed by atoms with Gasteiger partial charge in [0.2, 0.25) is 0 Å². The third-order valence-corrected chi connectivity index (χ3v) is 6.15. The van der Waals surface area contributed by atoms with Crippen molar-refractivity contribution in [3.63, 3.8) is 0 Å². The lowest BCUT2D eigenvalue weighted by molar-refractivity contribution is 0.254. The van der Waals surface area contributed by atoms with Crippen LogP contribution in [0.1, 0.15) is 37.9 Å². The molecule has 4 nitrogen and oxygen atoms in total. The molecule has 2 atom stereocenters. The Morgan fingerprint density at radius 3 is 2.63 bits per heavy atom. The van der Waals surface area contributed by atoms with Gasteiger partial charge in [0.25, 0.3) is 0 Å². The highest BCUT2D eigenvalue weighted by atomic mass is 32.2. The fourth-order valence-corrected chi connectivity index (χ4v) is 2.86. The summed E-state index contributed by atoms with van der Waals surface area (Å²) in [6.45, 7) is 5.35. The topological polar surface area (TPSA) is 69.4 Å². The lowest BCUT2D eigenvalue weighted by Gasteiger charge is -2.30. The molecule has 0 bridgehead atoms. The molecule has 1 aliphatic rings. The average molecular weight is 283 g/mol. The molecule has 0 aliphatic carbocycles. The predicted octanol–water partition coefficient (Wildman–Crippen LogP) is 1.83. The summed E-state index contributed by atoms with van der Waals surface area (Å²) >= 11 is 0. The first-order valence-corrected chi connectivity index (χ1v) is 8.26. The van der Waals surface area contributed by atoms with E-state index in [1.54, 1.807) is 13.8 Å². The first-order chi connectivity index (χ1) is 8.63. The van der Waals surface area contributed by atoms with Gasteiger partial charge in [-0.25, -0.2) is 8.42 Å². The van der Waals surface area contributed by atoms with Crippen LogP contribution >= 0.6 is 0 Å². The van der Waals surface area contributed by atoms with Crippen LogP contribution in [-0.4, -0.2) is 25.5 Å². The lowest BCUT2D eigenvalue weighted by atomic mass is 9.94. The van der Waals surface area contributed by atoms with Crippen LogP contribution in [0.2, 0.25) is 0 Å². The van der Waals surface area contributed by atoms with Crippen LogP contribution in [0.3, 0.4) is 0 Å². The van der Waals surface area contributed by atoms with Gasteiger partial charge >= 0.3 is 0 Å². The van der Waals surface area contributed by atoms with E-state index in [0.29, 0.717) is 0 Å². The van der Waals surface area contributed by atoms with Crippen LogP contribution < -0.4 is 10.5 Å². The first-order valence-electron chi connectivity index (χ1n) is 6.37. The average Bonchev–Trinajstić information content (AvgIpc) is 2.65. The van der Waals surface area contributed by atoms with Crippen molar-refractivity contribution in [2.45, 2.75) is 44.1 Å². The normalized spacial score (nSPS) is 20.8. The zero-order valence-electron chi connectivity index (χ0n) is 11.8. The molecule has 0 amide bonds. The Labute approximate surface area is 114 Å². The Kier molecular flexibility index (Phi) is 3.39. The second kappa shape index (κ2) is 4.49. The van der Waals surface area contributed by atoms with Crippen LogP contribution in [0.15, 0.2) is 18.2 Å². The van der Waals surface area contributed by atoms with Gasteiger partial charge in [0.1, 0.15) is 11.9 Å². The number of sulfone groups is 1. The molecule has 0 spiro atoms. The van der Waals surface area contributed by atoms with Crippen LogP contribution in [0.5, 0.6) is 5.75 Å². The Bertz CT molecular complexity index is 593. The lowest BCUT2D eigenvalue weighted by Crippen LogP contribution is -2.42. The van der Waals surface area contributed by atoms with E-state index in [1.165, 1.54) is 6.26 Å². The van der Waals surface area contributed by atoms with Gasteiger partial charge in [-0.2, -0.15) is 0 Å². The summed E-state index contributed by atoms with van der Waals surface area (Å²) in [7, 11) is -3.23. The molecule has 0 saturated carbocycles. The molecule has 1 aromatic carbocycles. The van der Waals surface area contributed by atoms with Gasteiger partial charge in [0.15, 0.2) is 9.84 Å². The molecule has 1 heterocycles. The largest absolute Gasteiger partial charge is 0.490 e. The predicted molar refractivity (Wildman–Crippen MR) is 76.1 cm³/mol. The number of fused-ring (bicyclic) bond motifs is 1. The van der Waals surface area contributed by atoms with Crippen LogP contribution in [0.25, 0.3) is 0 Å². The Hall–Kier alpha value is -1.07. The Balaban J connectivity index is 2.37. The fourth-order valence-electron chi connectivity index (χ4n) is 2.27. The number of hydrogen-bond acceptors (Lipinski definition) is 4. The van der Waals surface area contributed by atoms with E-state index in [-0.39, 0.29) is 6.10 Å². The quantitative estimate of drug-likeness (QED) is 0.919. The molecule has 1 aliphatic heterocycles. The van der Waals surface area contributed by atoms with Crippen molar-refractivity contribution in [1.82, 2.24) is 0 Å². The molecule has 0 aromatic heterocycles. The van der Waals surface area contributed by atoms with Gasteiger partial charge in [-0.3, -0.25) is 0 Å². The minimum Gasteiger partial charge on any atom is -0.490 e. The van der Waals surface area contributed by atoms with Crippen molar-refractivity contribution in [2.75, 3.05) is 6.26 Å². The molecule has 2 N–H and O–H groups in total. The molecular weight excluding hydrogens is 262 g/mol. The summed E-state index contributed by atoms with van der Waals surface area (Å²) in [5.74, 6) is 0.876. The summed E-state index contributed by atoms with van der Waals surface area (Å²) in [5, 5.41) is 0. The SMILES string of the molecule is CC1Cc2cc(C(N)C(C)(C)S(C)(=O)=O)ccc2O1. The van der Waals surface area contributed by atoms with Gasteiger partial charge in [0.05, 0.1) is 4.75 Å². The van der Waals surface area contributed by atoms with Gasteiger partial charge in [-0.1, -0.05) is 12.1 Å². The maximum atomic E-state index is 11.8. The zero-order valence-corrected chi connectivity index (χ0v) is 12.6. The maximum Gasteiger partial charge on any atom is 0.154 e. The van der Waals surface area contributed by atoms with E-state index < -0.39 is 20.6 Å². The van der Waals surface area contributed by atoms with Gasteiger partial charge in [-0.15, -0.1) is 0 Å². The van der Waals surface area contributed by atoms with E-state index in [9.17, 15) is 8.42 Å². The first kappa shape index (κ1) is 14.3. The second-order valence-electron chi connectivity index (χ2n) is 5.85. The number of nitrogens with two attached hydrogens (primary N) is 1. The summed E-state index contributed by atoms with van der Waals surface area (Å²) in [4.78, 5) is 0. The van der Waals surface area contributed by atoms with Crippen molar-refractivity contribution in [2.24, 2.45) is 5.73 Å². The van der Waals surface area contributed by atoms with Crippen LogP contribution in [0.4, 0.5) is 0 Å². The molecule has 19 heavy (non-hydrogen) atoms. The smallest absolute Gasteiger partial charge is 0.154 e. The Morgan fingerprint density at radius 1 is 1.42 bits per heavy atom. The van der Waals surface area contributed by atoms with Crippen molar-refractivity contribution >= 4 is 9.84 Å². The molecule has 5 heteroatoms. The highest BCUT2D eigenvalue weighted by Gasteiger charge is 2.38. The van der Waals surface area contributed by atoms with E-state index in [4.69, 9.17) is 10.5 Å². The number of hydrogen-bond donors (Lipinski definition) is 1. The fraction of sp³-hybridized carbons (Fsp3) is 0.571. The summed E-state index contributed by atoms with van der Waals surface area (Å²) in [6, 6.07) is 5.15. The van der Waals surface area contributed by atoms with E-state index in [2.05, 4.69) is 0 Å². The standard InChI is InChI=1S/C14H21NO3S/c1-9-7-11-8-10(5-6-12(11)18-9)13(15)14(2,3)19(4,16)17/h5-6,8-9,13H,7,15H2,1-4H3. The molecule has 106 valence electrons. The summed E-state index contributed by atoms with van der Waals surface area (Å²) in [6.07, 6.45) is 2.24. The molecule has 2 unspecified atom stereocenters. The van der Waals surface area contributed by atoms with E-state index in [1.807, 2.05) is 25.1 Å². The van der Waals surface area contributed by atoms with Gasteiger partial charge in [0, 0.05) is 18.7 Å². The second-order valence-corrected chi connectivity index (χ2v) is 8.45. The third-order valence-electron chi connectivity index (χ3n) is 3.98. The Morgan fingerprint density at radius 2 is 2.05 bits per heavy atom. The van der Waals surface area contributed by atoms with E-state index >= 15 is 0 Å². The highest BCUT2D eigenvalue weighted by molar-refractivity contribution is 7.92. The van der Waals surface area contributed by atoms with Crippen LogP contribution in [0, 0.1) is 0 Å². The third kappa shape index (κ3) is 2.49. The number of rotatable bonds is 3. The summed E-state index contributed by atoms with van der Waals surface area (Å²) in [5.41, 5.74) is 8.11. The molecule has 0 radical (unpaired) electrons. The summed E-state index contributed by atoms with van der Waals surface area (Å²) < 4.78 is 28.3. The number of ether oxygens (including phenoxy) is 1. The molecular formula is C14H21NO3S. The minimum atomic E-state index is -3.23. The number of benzene rings is 1. The minimum absolute atomic E-state index is 0.171. The van der Waals surface area contributed by atoms with Crippen molar-refractivity contribution < 1.29 is 13.2 Å². The van der Waals surface area contributed by atoms with E-state index in [0.717, 1.165) is 23.3 Å². The monoisotopic (exact) mass is 283 g/mol. The molecule has 2 rings (SSSR count). The molecule has 0 saturated heterocycles. The van der Waals surface area contributed by atoms with Crippen molar-refractivity contribution in [3.8, 4) is 5.75 Å². The van der Waals surface area contributed by atoms with Gasteiger partial charge < -0.3 is 10.5 Å². The zero-order chi connectivity index (χ0) is 14.4.